The van der Waals surface area contributed by atoms with Gasteiger partial charge in [-0.15, -0.1) is 0 Å². The van der Waals surface area contributed by atoms with E-state index in [9.17, 15) is 0 Å². The Bertz CT molecular complexity index is 679. The third-order valence-corrected chi connectivity index (χ3v) is 4.09. The summed E-state index contributed by atoms with van der Waals surface area (Å²) in [6.45, 7) is 9.65. The van der Waals surface area contributed by atoms with Gasteiger partial charge in [0.05, 0.1) is 18.8 Å². The molecule has 0 saturated heterocycles. The summed E-state index contributed by atoms with van der Waals surface area (Å²) in [5.74, 6) is 0.464. The summed E-state index contributed by atoms with van der Waals surface area (Å²) in [6.07, 6.45) is 0.914. The highest BCUT2D eigenvalue weighted by molar-refractivity contribution is 5.77. The second-order valence-electron chi connectivity index (χ2n) is 5.97. The molecule has 3 N–H and O–H groups in total. The van der Waals surface area contributed by atoms with E-state index in [2.05, 4.69) is 34.5 Å². The molecular formula is C19H29N5O. The van der Waals surface area contributed by atoms with Crippen LogP contribution >= 0.6 is 0 Å². The zero-order valence-corrected chi connectivity index (χ0v) is 15.5. The van der Waals surface area contributed by atoms with Gasteiger partial charge in [-0.2, -0.15) is 5.10 Å². The van der Waals surface area contributed by atoms with Gasteiger partial charge in [0.2, 0.25) is 0 Å². The van der Waals surface area contributed by atoms with Crippen LogP contribution in [0.3, 0.4) is 0 Å². The van der Waals surface area contributed by atoms with Crippen LogP contribution in [0.25, 0.3) is 0 Å². The molecule has 0 aliphatic rings. The summed E-state index contributed by atoms with van der Waals surface area (Å²) in [5.41, 5.74) is 10.4. The van der Waals surface area contributed by atoms with Crippen molar-refractivity contribution in [3.8, 4) is 0 Å². The highest BCUT2D eigenvalue weighted by Crippen LogP contribution is 2.15. The number of rotatable bonds is 9. The number of nitrogens with one attached hydrogen (secondary N) is 1. The quantitative estimate of drug-likeness (QED) is 0.416. The van der Waals surface area contributed by atoms with E-state index in [1.165, 1.54) is 5.56 Å². The Kier molecular flexibility index (Phi) is 7.47. The fraction of sp³-hybridized carbons (Fsp3) is 0.474. The normalized spacial score (nSPS) is 11.7. The molecule has 136 valence electrons. The number of nitrogens with zero attached hydrogens (tertiary/aromatic N) is 3. The second kappa shape index (κ2) is 9.84. The summed E-state index contributed by atoms with van der Waals surface area (Å²) >= 11 is 0. The lowest BCUT2D eigenvalue weighted by molar-refractivity contribution is 0.145. The third-order valence-electron chi connectivity index (χ3n) is 4.09. The van der Waals surface area contributed by atoms with E-state index in [0.29, 0.717) is 12.5 Å². The maximum absolute atomic E-state index is 5.94. The molecule has 0 saturated carbocycles. The van der Waals surface area contributed by atoms with Crippen LogP contribution in [-0.4, -0.2) is 35.5 Å². The van der Waals surface area contributed by atoms with E-state index in [1.54, 1.807) is 0 Å². The van der Waals surface area contributed by atoms with E-state index < -0.39 is 0 Å². The summed E-state index contributed by atoms with van der Waals surface area (Å²) < 4.78 is 7.32. The molecule has 0 bridgehead atoms. The van der Waals surface area contributed by atoms with Gasteiger partial charge in [0.15, 0.2) is 5.96 Å². The zero-order chi connectivity index (χ0) is 18.1. The Morgan fingerprint density at radius 3 is 2.76 bits per heavy atom. The van der Waals surface area contributed by atoms with Crippen molar-refractivity contribution in [3.05, 3.63) is 52.8 Å². The van der Waals surface area contributed by atoms with Crippen LogP contribution in [-0.2, 0) is 17.8 Å². The second-order valence-corrected chi connectivity index (χ2v) is 5.97. The van der Waals surface area contributed by atoms with Crippen LogP contribution in [0.1, 0.15) is 35.9 Å². The average Bonchev–Trinajstić information content (AvgIpc) is 2.87. The van der Waals surface area contributed by atoms with Gasteiger partial charge in [-0.25, -0.2) is 4.99 Å². The number of aryl methyl sites for hydroxylation is 1. The van der Waals surface area contributed by atoms with E-state index >= 15 is 0 Å². The monoisotopic (exact) mass is 343 g/mol. The highest BCUT2D eigenvalue weighted by Gasteiger charge is 2.11. The third kappa shape index (κ3) is 5.90. The first-order valence-electron chi connectivity index (χ1n) is 8.80. The molecule has 0 unspecified atom stereocenters. The lowest BCUT2D eigenvalue weighted by Gasteiger charge is -2.07. The van der Waals surface area contributed by atoms with Crippen LogP contribution in [0.5, 0.6) is 0 Å². The van der Waals surface area contributed by atoms with Gasteiger partial charge in [0, 0.05) is 31.0 Å². The molecule has 0 aliphatic heterocycles. The molecule has 0 fully saturated rings. The predicted molar refractivity (Wildman–Crippen MR) is 102 cm³/mol. The molecule has 2 rings (SSSR count). The molecule has 1 heterocycles. The molecule has 0 atom stereocenters. The molecule has 1 aromatic carbocycles. The van der Waals surface area contributed by atoms with Crippen LogP contribution in [0.2, 0.25) is 0 Å². The summed E-state index contributed by atoms with van der Waals surface area (Å²) in [7, 11) is 0. The van der Waals surface area contributed by atoms with E-state index in [1.807, 2.05) is 36.7 Å². The number of ether oxygens (including phenoxy) is 1. The van der Waals surface area contributed by atoms with Gasteiger partial charge in [-0.05, 0) is 32.8 Å². The van der Waals surface area contributed by atoms with Crippen molar-refractivity contribution in [3.63, 3.8) is 0 Å². The average molecular weight is 343 g/mol. The number of aromatic nitrogens is 2. The van der Waals surface area contributed by atoms with Crippen molar-refractivity contribution in [2.45, 2.75) is 40.3 Å². The number of hydrogen-bond donors (Lipinski definition) is 2. The van der Waals surface area contributed by atoms with Crippen LogP contribution in [0.4, 0.5) is 0 Å². The number of benzene rings is 1. The van der Waals surface area contributed by atoms with Crippen molar-refractivity contribution >= 4 is 5.96 Å². The molecule has 1 aromatic heterocycles. The summed E-state index contributed by atoms with van der Waals surface area (Å²) in [5, 5.41) is 7.77. The van der Waals surface area contributed by atoms with Crippen LogP contribution < -0.4 is 11.1 Å². The van der Waals surface area contributed by atoms with Gasteiger partial charge in [-0.3, -0.25) is 4.68 Å². The SMILES string of the molecule is CCOCCCNC(N)=NCc1c(C)nn(Cc2ccccc2)c1C. The minimum Gasteiger partial charge on any atom is -0.382 e. The fourth-order valence-electron chi connectivity index (χ4n) is 2.63. The van der Waals surface area contributed by atoms with Gasteiger partial charge in [0.25, 0.3) is 0 Å². The van der Waals surface area contributed by atoms with Crippen molar-refractivity contribution in [1.82, 2.24) is 15.1 Å². The Morgan fingerprint density at radius 1 is 1.28 bits per heavy atom. The van der Waals surface area contributed by atoms with Crippen molar-refractivity contribution in [2.75, 3.05) is 19.8 Å². The topological polar surface area (TPSA) is 77.5 Å². The molecule has 25 heavy (non-hydrogen) atoms. The van der Waals surface area contributed by atoms with Crippen LogP contribution in [0, 0.1) is 13.8 Å². The molecule has 0 aliphatic carbocycles. The lowest BCUT2D eigenvalue weighted by atomic mass is 10.2. The Labute approximate surface area is 150 Å². The molecule has 0 radical (unpaired) electrons. The maximum Gasteiger partial charge on any atom is 0.188 e. The van der Waals surface area contributed by atoms with Crippen LogP contribution in [0.15, 0.2) is 35.3 Å². The molecule has 0 spiro atoms. The Balaban J connectivity index is 1.92. The summed E-state index contributed by atoms with van der Waals surface area (Å²) in [4.78, 5) is 4.44. The zero-order valence-electron chi connectivity index (χ0n) is 15.5. The standard InChI is InChI=1S/C19H29N5O/c1-4-25-12-8-11-21-19(20)22-13-18-15(2)23-24(16(18)3)14-17-9-6-5-7-10-17/h5-7,9-10H,4,8,11-14H2,1-3H3,(H3,20,21,22). The van der Waals surface area contributed by atoms with E-state index in [0.717, 1.165) is 49.7 Å². The first-order valence-corrected chi connectivity index (χ1v) is 8.80. The number of guanidine groups is 1. The number of nitrogens with two attached hydrogens (primary N) is 1. The maximum atomic E-state index is 5.94. The van der Waals surface area contributed by atoms with Gasteiger partial charge in [-0.1, -0.05) is 30.3 Å². The first-order chi connectivity index (χ1) is 12.1. The minimum absolute atomic E-state index is 0.464. The minimum atomic E-state index is 0.464. The smallest absolute Gasteiger partial charge is 0.188 e. The van der Waals surface area contributed by atoms with E-state index in [-0.39, 0.29) is 0 Å². The number of aliphatic imine (C=N–C) groups is 1. The van der Waals surface area contributed by atoms with Gasteiger partial charge in [0.1, 0.15) is 0 Å². The fourth-order valence-corrected chi connectivity index (χ4v) is 2.63. The highest BCUT2D eigenvalue weighted by atomic mass is 16.5. The van der Waals surface area contributed by atoms with Crippen molar-refractivity contribution in [1.29, 1.82) is 0 Å². The molecule has 0 amide bonds. The lowest BCUT2D eigenvalue weighted by Crippen LogP contribution is -2.32. The number of hydrogen-bond acceptors (Lipinski definition) is 3. The molecule has 2 aromatic rings. The molecule has 6 nitrogen and oxygen atoms in total. The van der Waals surface area contributed by atoms with E-state index in [4.69, 9.17) is 10.5 Å². The largest absolute Gasteiger partial charge is 0.382 e. The van der Waals surface area contributed by atoms with Gasteiger partial charge >= 0.3 is 0 Å². The Morgan fingerprint density at radius 2 is 2.04 bits per heavy atom. The summed E-state index contributed by atoms with van der Waals surface area (Å²) in [6, 6.07) is 10.3. The predicted octanol–water partition coefficient (Wildman–Crippen LogP) is 2.38. The molecule has 6 heteroatoms. The Hall–Kier alpha value is -2.34. The molecular weight excluding hydrogens is 314 g/mol. The van der Waals surface area contributed by atoms with Crippen molar-refractivity contribution < 1.29 is 4.74 Å². The van der Waals surface area contributed by atoms with Crippen molar-refractivity contribution in [2.24, 2.45) is 10.7 Å². The first kappa shape index (κ1) is 19.0. The van der Waals surface area contributed by atoms with Gasteiger partial charge < -0.3 is 15.8 Å².